The van der Waals surface area contributed by atoms with E-state index in [-0.39, 0.29) is 23.0 Å². The van der Waals surface area contributed by atoms with E-state index in [1.807, 2.05) is 23.1 Å². The third-order valence-corrected chi connectivity index (χ3v) is 17.8. The van der Waals surface area contributed by atoms with E-state index < -0.39 is 0 Å². The predicted octanol–water partition coefficient (Wildman–Crippen LogP) is 18.3. The molecular weight excluding hydrogens is 948 g/mol. The lowest BCUT2D eigenvalue weighted by Crippen LogP contribution is -2.60. The Bertz CT molecular complexity index is 3790. The summed E-state index contributed by atoms with van der Waals surface area (Å²) in [7, 11) is 0. The van der Waals surface area contributed by atoms with E-state index >= 15 is 0 Å². The topological polar surface area (TPSA) is 13.0 Å². The number of benzene rings is 9. The molecule has 13 rings (SSSR count). The van der Waals surface area contributed by atoms with Crippen molar-refractivity contribution in [2.45, 2.75) is 88.3 Å². The van der Waals surface area contributed by atoms with Gasteiger partial charge >= 0.3 is 0 Å². The molecule has 10 aromatic rings. The summed E-state index contributed by atoms with van der Waals surface area (Å²) in [5.74, 6) is 0. The Hall–Kier alpha value is -7.45. The van der Waals surface area contributed by atoms with E-state index in [9.17, 15) is 0 Å². The van der Waals surface area contributed by atoms with Crippen LogP contribution in [0.3, 0.4) is 0 Å². The smallest absolute Gasteiger partial charge is 0.264 e. The van der Waals surface area contributed by atoms with E-state index in [2.05, 4.69) is 288 Å². The summed E-state index contributed by atoms with van der Waals surface area (Å²) in [6, 6.07) is 78.0. The Kier molecular flexibility index (Phi) is 11.1. The van der Waals surface area contributed by atoms with E-state index in [1.54, 1.807) is 0 Å². The van der Waals surface area contributed by atoms with Gasteiger partial charge in [0.25, 0.3) is 6.71 Å². The van der Waals surface area contributed by atoms with Crippen molar-refractivity contribution in [3.63, 3.8) is 0 Å². The molecular formula is C68H61BN4S2. The molecule has 4 heterocycles. The van der Waals surface area contributed by atoms with Crippen molar-refractivity contribution in [1.82, 2.24) is 0 Å². The minimum absolute atomic E-state index is 0.00306. The van der Waals surface area contributed by atoms with E-state index in [0.29, 0.717) is 0 Å². The summed E-state index contributed by atoms with van der Waals surface area (Å²) in [6.07, 6.45) is 0. The summed E-state index contributed by atoms with van der Waals surface area (Å²) in [5.41, 5.74) is 20.4. The van der Waals surface area contributed by atoms with Crippen molar-refractivity contribution in [3.05, 3.63) is 223 Å². The highest BCUT2D eigenvalue weighted by atomic mass is 32.2. The van der Waals surface area contributed by atoms with Gasteiger partial charge in [-0.2, -0.15) is 0 Å². The molecule has 0 radical (unpaired) electrons. The number of fused-ring (bicyclic) bond motifs is 10. The minimum Gasteiger partial charge on any atom is -0.310 e. The van der Waals surface area contributed by atoms with Crippen LogP contribution < -0.4 is 35.3 Å². The van der Waals surface area contributed by atoms with Crippen LogP contribution in [0.2, 0.25) is 0 Å². The molecule has 0 fully saturated rings. The van der Waals surface area contributed by atoms with Gasteiger partial charge in [0, 0.05) is 70.2 Å². The maximum absolute atomic E-state index is 2.62. The summed E-state index contributed by atoms with van der Waals surface area (Å²) >= 11 is 3.83. The normalized spacial score (nSPS) is 13.8. The molecule has 0 saturated carbocycles. The fraction of sp³-hybridized carbons (Fsp3) is 0.176. The van der Waals surface area contributed by atoms with Crippen LogP contribution in [-0.4, -0.2) is 6.71 Å². The van der Waals surface area contributed by atoms with Crippen LogP contribution >= 0.6 is 23.1 Å². The summed E-state index contributed by atoms with van der Waals surface area (Å²) < 4.78 is 2.68. The molecule has 75 heavy (non-hydrogen) atoms. The Morgan fingerprint density at radius 1 is 0.387 bits per heavy atom. The van der Waals surface area contributed by atoms with Crippen molar-refractivity contribution in [1.29, 1.82) is 0 Å². The number of hydrogen-bond donors (Lipinski definition) is 0. The lowest BCUT2D eigenvalue weighted by atomic mass is 9.36. The number of para-hydroxylation sites is 4. The lowest BCUT2D eigenvalue weighted by Gasteiger charge is -2.45. The van der Waals surface area contributed by atoms with Crippen molar-refractivity contribution in [3.8, 4) is 0 Å². The quantitative estimate of drug-likeness (QED) is 0.159. The standard InChI is InChI=1S/C68H61BN4S2/c1-66(2,3)44-28-33-49(34-29-44)71-51-37-39-54-57(41-51)73(56-25-17-19-27-61(56)74-60-26-18-16-24-55(60)71)59-43-52(70(47-20-12-10-13-21-47)48-22-14-11-15-23-48)42-58-63(59)69(54)65-64(53-38-32-46(68(7,8)9)40-62(53)75-65)72(58)50-35-30-45(31-36-50)67(4,5)6/h10-43H,1-9H3. The number of anilines is 12. The Morgan fingerprint density at radius 3 is 1.43 bits per heavy atom. The van der Waals surface area contributed by atoms with Crippen LogP contribution in [0.5, 0.6) is 0 Å². The van der Waals surface area contributed by atoms with E-state index in [0.717, 1.165) is 45.5 Å². The highest BCUT2D eigenvalue weighted by Crippen LogP contribution is 2.55. The molecule has 0 N–H and O–H groups in total. The molecule has 2 bridgehead atoms. The molecule has 9 aromatic carbocycles. The summed E-state index contributed by atoms with van der Waals surface area (Å²) in [4.78, 5) is 12.5. The fourth-order valence-corrected chi connectivity index (χ4v) is 14.0. The van der Waals surface area contributed by atoms with Gasteiger partial charge in [-0.05, 0) is 147 Å². The third-order valence-electron chi connectivity index (χ3n) is 15.5. The highest BCUT2D eigenvalue weighted by Gasteiger charge is 2.47. The van der Waals surface area contributed by atoms with E-state index in [4.69, 9.17) is 0 Å². The largest absolute Gasteiger partial charge is 0.310 e. The summed E-state index contributed by atoms with van der Waals surface area (Å²) in [6.45, 7) is 20.7. The lowest BCUT2D eigenvalue weighted by molar-refractivity contribution is 0.590. The van der Waals surface area contributed by atoms with Crippen LogP contribution in [0.25, 0.3) is 10.1 Å². The zero-order valence-corrected chi connectivity index (χ0v) is 45.9. The van der Waals surface area contributed by atoms with Crippen LogP contribution in [0, 0.1) is 0 Å². The third kappa shape index (κ3) is 7.97. The number of hydrogen-bond acceptors (Lipinski definition) is 6. The molecule has 3 aliphatic rings. The minimum atomic E-state index is -0.0589. The molecule has 7 heteroatoms. The van der Waals surface area contributed by atoms with Gasteiger partial charge in [0.1, 0.15) is 0 Å². The Labute approximate surface area is 452 Å². The molecule has 0 amide bonds. The average Bonchev–Trinajstić information content (AvgIpc) is 3.79. The van der Waals surface area contributed by atoms with Gasteiger partial charge in [0.2, 0.25) is 0 Å². The first-order chi connectivity index (χ1) is 36.1. The second kappa shape index (κ2) is 17.6. The molecule has 0 unspecified atom stereocenters. The number of rotatable bonds is 5. The molecule has 4 nitrogen and oxygen atoms in total. The number of nitrogens with zero attached hydrogens (tertiary/aromatic N) is 4. The molecule has 0 aliphatic carbocycles. The molecule has 1 aromatic heterocycles. The fourth-order valence-electron chi connectivity index (χ4n) is 11.5. The zero-order chi connectivity index (χ0) is 51.5. The SMILES string of the molecule is CC(C)(C)c1ccc(N2c3ccc4c(c3)N(c3ccccc3Sc3ccccc32)c2cc(N(c3ccccc3)c3ccccc3)cc3c2B4c2sc4cc(C(C)(C)C)ccc4c2N3c2ccc(C(C)(C)C)cc2)cc1. The molecule has 0 spiro atoms. The Morgan fingerprint density at radius 2 is 0.867 bits per heavy atom. The van der Waals surface area contributed by atoms with Crippen molar-refractivity contribution in [2.24, 2.45) is 0 Å². The van der Waals surface area contributed by atoms with Crippen LogP contribution in [-0.2, 0) is 16.2 Å². The maximum Gasteiger partial charge on any atom is 0.264 e. The van der Waals surface area contributed by atoms with Crippen LogP contribution in [0.15, 0.2) is 216 Å². The molecule has 0 saturated heterocycles. The maximum atomic E-state index is 2.62. The van der Waals surface area contributed by atoms with Gasteiger partial charge < -0.3 is 19.6 Å². The van der Waals surface area contributed by atoms with Crippen LogP contribution in [0.4, 0.5) is 68.2 Å². The highest BCUT2D eigenvalue weighted by molar-refractivity contribution is 7.99. The number of thiophene rings is 1. The van der Waals surface area contributed by atoms with Crippen molar-refractivity contribution in [2.75, 3.05) is 19.6 Å². The van der Waals surface area contributed by atoms with E-state index in [1.165, 1.54) is 75.0 Å². The first kappa shape index (κ1) is 47.3. The van der Waals surface area contributed by atoms with Crippen molar-refractivity contribution < 1.29 is 0 Å². The molecule has 0 atom stereocenters. The summed E-state index contributed by atoms with van der Waals surface area (Å²) in [5, 5.41) is 1.28. The van der Waals surface area contributed by atoms with Crippen molar-refractivity contribution >= 4 is 124 Å². The van der Waals surface area contributed by atoms with Gasteiger partial charge in [-0.1, -0.05) is 177 Å². The first-order valence-electron chi connectivity index (χ1n) is 26.4. The first-order valence-corrected chi connectivity index (χ1v) is 28.0. The van der Waals surface area contributed by atoms with Crippen LogP contribution in [0.1, 0.15) is 79.0 Å². The Balaban J connectivity index is 1.16. The van der Waals surface area contributed by atoms with Gasteiger partial charge in [0.05, 0.1) is 22.7 Å². The van der Waals surface area contributed by atoms with Gasteiger partial charge in [-0.3, -0.25) is 0 Å². The molecule has 3 aliphatic heterocycles. The second-order valence-corrected chi connectivity index (χ2v) is 25.7. The zero-order valence-electron chi connectivity index (χ0n) is 44.3. The predicted molar refractivity (Wildman–Crippen MR) is 325 cm³/mol. The van der Waals surface area contributed by atoms with Gasteiger partial charge in [0.15, 0.2) is 0 Å². The monoisotopic (exact) mass is 1010 g/mol. The molecule has 368 valence electrons. The second-order valence-electron chi connectivity index (χ2n) is 23.5. The van der Waals surface area contributed by atoms with Gasteiger partial charge in [-0.15, -0.1) is 11.3 Å². The average molecular weight is 1010 g/mol. The van der Waals surface area contributed by atoms with Gasteiger partial charge in [-0.25, -0.2) is 0 Å².